The van der Waals surface area contributed by atoms with E-state index in [1.54, 1.807) is 0 Å². The molecule has 6 atom stereocenters. The molecule has 0 N–H and O–H groups in total. The molecule has 3 aliphatic rings. The van der Waals surface area contributed by atoms with E-state index in [0.717, 1.165) is 51.4 Å². The first-order valence-electron chi connectivity index (χ1n) is 17.5. The summed E-state index contributed by atoms with van der Waals surface area (Å²) in [6, 6.07) is 0. The molecule has 0 aromatic carbocycles. The molecule has 10 heteroatoms. The Kier molecular flexibility index (Phi) is 17.1. The van der Waals surface area contributed by atoms with Crippen molar-refractivity contribution >= 4 is 17.9 Å². The highest BCUT2D eigenvalue weighted by atomic mass is 16.9. The summed E-state index contributed by atoms with van der Waals surface area (Å²) in [6.45, 7) is 7.40. The fraction of sp³-hybridized carbons (Fsp3) is 0.806. The maximum Gasteiger partial charge on any atom is 0.334 e. The molecule has 260 valence electrons. The van der Waals surface area contributed by atoms with Crippen molar-refractivity contribution in [1.82, 2.24) is 0 Å². The van der Waals surface area contributed by atoms with E-state index in [2.05, 4.69) is 30.9 Å². The van der Waals surface area contributed by atoms with Crippen LogP contribution in [0.3, 0.4) is 0 Å². The Morgan fingerprint density at radius 3 is 2.13 bits per heavy atom. The highest BCUT2D eigenvalue weighted by molar-refractivity contribution is 5.67. The third-order valence-corrected chi connectivity index (χ3v) is 8.55. The largest absolute Gasteiger partial charge is 0.462 e. The molecule has 0 amide bonds. The second-order valence-corrected chi connectivity index (χ2v) is 12.6. The lowest BCUT2D eigenvalue weighted by Crippen LogP contribution is -2.48. The van der Waals surface area contributed by atoms with Crippen LogP contribution in [0.4, 0.5) is 0 Å². The number of carbonyl (C=O) groups excluding carboxylic acids is 3. The number of rotatable bonds is 17. The van der Waals surface area contributed by atoms with Crippen molar-refractivity contribution in [1.29, 1.82) is 0 Å². The number of unbranched alkanes of at least 4 members (excludes halogenated alkanes) is 4. The standard InChI is InChI=1S/C36H56O10/c1-5-6-7-8-9-10-17-30-21-22-33(43-28(3)38)32(30)26-31(42-27(2)37)18-11-14-23-36(44-29(4)39,45-34-19-12-15-24-40-34)46-35-20-13-16-25-41-35/h10,17,30-35H,5-9,12-16,19-26H2,1-4H3/t30-,31?,32+,33-,34?,35?,36?/m0/s1. The molecule has 2 saturated heterocycles. The molecule has 46 heavy (non-hydrogen) atoms. The van der Waals surface area contributed by atoms with Gasteiger partial charge in [0.2, 0.25) is 0 Å². The zero-order valence-electron chi connectivity index (χ0n) is 28.4. The van der Waals surface area contributed by atoms with Crippen LogP contribution in [0, 0.1) is 23.7 Å². The monoisotopic (exact) mass is 648 g/mol. The minimum atomic E-state index is -1.74. The first-order valence-corrected chi connectivity index (χ1v) is 17.5. The minimum absolute atomic E-state index is 0.0341. The van der Waals surface area contributed by atoms with E-state index in [0.29, 0.717) is 32.5 Å². The second kappa shape index (κ2) is 20.7. The highest BCUT2D eigenvalue weighted by Gasteiger charge is 2.43. The summed E-state index contributed by atoms with van der Waals surface area (Å²) in [6.07, 6.45) is 15.6. The van der Waals surface area contributed by atoms with Crippen molar-refractivity contribution in [2.24, 2.45) is 11.8 Å². The molecular formula is C36H56O10. The Balaban J connectivity index is 1.74. The summed E-state index contributed by atoms with van der Waals surface area (Å²) in [5.41, 5.74) is 0. The van der Waals surface area contributed by atoms with Gasteiger partial charge in [-0.3, -0.25) is 23.9 Å². The van der Waals surface area contributed by atoms with Crippen LogP contribution >= 0.6 is 0 Å². The van der Waals surface area contributed by atoms with E-state index >= 15 is 0 Å². The molecule has 3 unspecified atom stereocenters. The molecule has 3 fully saturated rings. The summed E-state index contributed by atoms with van der Waals surface area (Å²) in [5, 5.41) is 0. The number of carbonyl (C=O) groups is 3. The van der Waals surface area contributed by atoms with E-state index < -0.39 is 36.6 Å². The third kappa shape index (κ3) is 14.1. The summed E-state index contributed by atoms with van der Waals surface area (Å²) in [5.74, 6) is 3.36. The van der Waals surface area contributed by atoms with Gasteiger partial charge in [-0.05, 0) is 70.1 Å². The molecule has 0 radical (unpaired) electrons. The predicted octanol–water partition coefficient (Wildman–Crippen LogP) is 6.88. The van der Waals surface area contributed by atoms with Crippen LogP contribution in [0.5, 0.6) is 0 Å². The molecule has 2 heterocycles. The molecule has 2 aliphatic heterocycles. The number of hydrogen-bond donors (Lipinski definition) is 0. The van der Waals surface area contributed by atoms with Crippen LogP contribution in [-0.4, -0.2) is 61.9 Å². The van der Waals surface area contributed by atoms with E-state index in [9.17, 15) is 14.4 Å². The van der Waals surface area contributed by atoms with Crippen LogP contribution in [-0.2, 0) is 47.5 Å². The predicted molar refractivity (Wildman–Crippen MR) is 171 cm³/mol. The smallest absolute Gasteiger partial charge is 0.334 e. The molecule has 0 aromatic heterocycles. The average Bonchev–Trinajstić information content (AvgIpc) is 3.37. The molecule has 0 bridgehead atoms. The summed E-state index contributed by atoms with van der Waals surface area (Å²) >= 11 is 0. The Labute approximate surface area is 275 Å². The number of ether oxygens (including phenoxy) is 7. The van der Waals surface area contributed by atoms with E-state index in [1.165, 1.54) is 40.0 Å². The topological polar surface area (TPSA) is 116 Å². The van der Waals surface area contributed by atoms with Gasteiger partial charge in [0.25, 0.3) is 0 Å². The average molecular weight is 649 g/mol. The Morgan fingerprint density at radius 2 is 1.57 bits per heavy atom. The number of esters is 3. The zero-order chi connectivity index (χ0) is 33.2. The van der Waals surface area contributed by atoms with Gasteiger partial charge in [0.1, 0.15) is 6.10 Å². The highest BCUT2D eigenvalue weighted by Crippen LogP contribution is 2.39. The first kappa shape index (κ1) is 38.0. The summed E-state index contributed by atoms with van der Waals surface area (Å²) in [7, 11) is 0. The lowest BCUT2D eigenvalue weighted by molar-refractivity contribution is -0.440. The van der Waals surface area contributed by atoms with E-state index in [4.69, 9.17) is 33.2 Å². The van der Waals surface area contributed by atoms with Crippen molar-refractivity contribution < 1.29 is 47.5 Å². The molecule has 3 rings (SSSR count). The van der Waals surface area contributed by atoms with Crippen molar-refractivity contribution in [3.8, 4) is 11.8 Å². The van der Waals surface area contributed by atoms with Gasteiger partial charge >= 0.3 is 23.9 Å². The van der Waals surface area contributed by atoms with Gasteiger partial charge in [-0.2, -0.15) is 0 Å². The van der Waals surface area contributed by atoms with Gasteiger partial charge in [-0.1, -0.05) is 50.2 Å². The Morgan fingerprint density at radius 1 is 0.870 bits per heavy atom. The lowest BCUT2D eigenvalue weighted by atomic mass is 9.88. The van der Waals surface area contributed by atoms with E-state index in [1.807, 2.05) is 0 Å². The molecule has 1 aliphatic carbocycles. The van der Waals surface area contributed by atoms with Gasteiger partial charge in [-0.25, -0.2) is 0 Å². The molecule has 0 aromatic rings. The SMILES string of the molecule is CCCCCCC=C[C@H]1CC[C@H](OC(C)=O)[C@@H]1CC(C#CCCC(OC(C)=O)(OC1CCCCO1)OC1CCCCO1)OC(C)=O. The third-order valence-electron chi connectivity index (χ3n) is 8.55. The second-order valence-electron chi connectivity index (χ2n) is 12.6. The maximum absolute atomic E-state index is 12.3. The van der Waals surface area contributed by atoms with E-state index in [-0.39, 0.29) is 36.8 Å². The van der Waals surface area contributed by atoms with Gasteiger partial charge in [0, 0.05) is 52.7 Å². The fourth-order valence-corrected chi connectivity index (χ4v) is 6.40. The molecule has 10 nitrogen and oxygen atoms in total. The van der Waals surface area contributed by atoms with Crippen LogP contribution in [0.2, 0.25) is 0 Å². The Bertz CT molecular complexity index is 998. The van der Waals surface area contributed by atoms with Gasteiger partial charge in [0.15, 0.2) is 18.7 Å². The van der Waals surface area contributed by atoms with Crippen LogP contribution < -0.4 is 0 Å². The lowest BCUT2D eigenvalue weighted by Gasteiger charge is -2.39. The molecular weight excluding hydrogens is 592 g/mol. The molecule has 1 saturated carbocycles. The van der Waals surface area contributed by atoms with Crippen molar-refractivity contribution in [2.45, 2.75) is 161 Å². The maximum atomic E-state index is 12.3. The van der Waals surface area contributed by atoms with Gasteiger partial charge in [-0.15, -0.1) is 0 Å². The van der Waals surface area contributed by atoms with Gasteiger partial charge < -0.3 is 23.7 Å². The van der Waals surface area contributed by atoms with Crippen molar-refractivity contribution in [3.05, 3.63) is 12.2 Å². The minimum Gasteiger partial charge on any atom is -0.462 e. The van der Waals surface area contributed by atoms with Crippen LogP contribution in [0.15, 0.2) is 12.2 Å². The van der Waals surface area contributed by atoms with Crippen LogP contribution in [0.1, 0.15) is 130 Å². The number of allylic oxidation sites excluding steroid dienone is 2. The van der Waals surface area contributed by atoms with Crippen molar-refractivity contribution in [3.63, 3.8) is 0 Å². The number of hydrogen-bond acceptors (Lipinski definition) is 10. The normalized spacial score (nSPS) is 26.8. The summed E-state index contributed by atoms with van der Waals surface area (Å²) in [4.78, 5) is 36.3. The van der Waals surface area contributed by atoms with Crippen LogP contribution in [0.25, 0.3) is 0 Å². The zero-order valence-corrected chi connectivity index (χ0v) is 28.4. The quantitative estimate of drug-likeness (QED) is 0.0413. The molecule has 0 spiro atoms. The Hall–Kier alpha value is -2.45. The van der Waals surface area contributed by atoms with Gasteiger partial charge in [0.05, 0.1) is 6.42 Å². The fourth-order valence-electron chi connectivity index (χ4n) is 6.40. The first-order chi connectivity index (χ1) is 22.2. The van der Waals surface area contributed by atoms with Crippen molar-refractivity contribution in [2.75, 3.05) is 13.2 Å². The summed E-state index contributed by atoms with van der Waals surface area (Å²) < 4.78 is 41.1.